The lowest BCUT2D eigenvalue weighted by molar-refractivity contribution is -0.118. The van der Waals surface area contributed by atoms with E-state index in [1.165, 1.54) is 0 Å². The molecular formula is C16H17BrN2O2. The van der Waals surface area contributed by atoms with Crippen molar-refractivity contribution in [3.8, 4) is 5.75 Å². The summed E-state index contributed by atoms with van der Waals surface area (Å²) in [4.78, 5) is 16.0. The van der Waals surface area contributed by atoms with E-state index in [0.717, 1.165) is 26.9 Å². The van der Waals surface area contributed by atoms with Gasteiger partial charge in [-0.25, -0.2) is 0 Å². The third-order valence-corrected chi connectivity index (χ3v) is 3.52. The maximum Gasteiger partial charge on any atom is 0.262 e. The summed E-state index contributed by atoms with van der Waals surface area (Å²) in [5.74, 6) is 0.498. The Morgan fingerprint density at radius 2 is 1.86 bits per heavy atom. The van der Waals surface area contributed by atoms with Crippen molar-refractivity contribution in [3.05, 3.63) is 51.8 Å². The lowest BCUT2D eigenvalue weighted by atomic mass is 10.1. The Hall–Kier alpha value is -1.88. The lowest BCUT2D eigenvalue weighted by Gasteiger charge is -2.11. The number of hydrogen-bond acceptors (Lipinski definition) is 3. The van der Waals surface area contributed by atoms with E-state index in [1.807, 2.05) is 32.9 Å². The highest BCUT2D eigenvalue weighted by atomic mass is 79.9. The summed E-state index contributed by atoms with van der Waals surface area (Å²) in [6.07, 6.45) is 3.35. The molecule has 0 saturated heterocycles. The number of carbonyl (C=O) groups excluding carboxylic acids is 1. The van der Waals surface area contributed by atoms with Crippen LogP contribution in [0.15, 0.2) is 35.1 Å². The Kier molecular flexibility index (Phi) is 4.96. The number of amides is 1. The Labute approximate surface area is 132 Å². The minimum atomic E-state index is -0.204. The van der Waals surface area contributed by atoms with Crippen LogP contribution in [-0.2, 0) is 4.79 Å². The fraction of sp³-hybridized carbons (Fsp3) is 0.250. The Bertz CT molecular complexity index is 631. The molecule has 0 unspecified atom stereocenters. The Morgan fingerprint density at radius 3 is 2.48 bits per heavy atom. The van der Waals surface area contributed by atoms with Crippen molar-refractivity contribution in [2.75, 3.05) is 11.9 Å². The van der Waals surface area contributed by atoms with Gasteiger partial charge in [0.25, 0.3) is 5.91 Å². The average Bonchev–Trinajstić information content (AvgIpc) is 2.40. The standard InChI is InChI=1S/C16H17BrN2O2/c1-10-4-11(2)6-13(5-10)21-9-15(20)19-16-12(3)7-18-8-14(16)17/h4-8H,9H2,1-3H3,(H,18,19,20). The third kappa shape index (κ3) is 4.29. The van der Waals surface area contributed by atoms with Crippen LogP contribution in [0.5, 0.6) is 5.75 Å². The molecule has 1 heterocycles. The van der Waals surface area contributed by atoms with Crippen LogP contribution in [0, 0.1) is 20.8 Å². The largest absolute Gasteiger partial charge is 0.484 e. The Morgan fingerprint density at radius 1 is 1.19 bits per heavy atom. The van der Waals surface area contributed by atoms with Crippen LogP contribution >= 0.6 is 15.9 Å². The highest BCUT2D eigenvalue weighted by Crippen LogP contribution is 2.24. The molecule has 0 saturated carbocycles. The monoisotopic (exact) mass is 348 g/mol. The lowest BCUT2D eigenvalue weighted by Crippen LogP contribution is -2.21. The summed E-state index contributed by atoms with van der Waals surface area (Å²) in [5.41, 5.74) is 3.83. The molecule has 21 heavy (non-hydrogen) atoms. The van der Waals surface area contributed by atoms with Crippen molar-refractivity contribution in [3.63, 3.8) is 0 Å². The van der Waals surface area contributed by atoms with Crippen LogP contribution in [0.4, 0.5) is 5.69 Å². The van der Waals surface area contributed by atoms with Crippen LogP contribution in [-0.4, -0.2) is 17.5 Å². The zero-order valence-electron chi connectivity index (χ0n) is 12.2. The van der Waals surface area contributed by atoms with Crippen molar-refractivity contribution < 1.29 is 9.53 Å². The number of aromatic nitrogens is 1. The zero-order chi connectivity index (χ0) is 15.4. The van der Waals surface area contributed by atoms with Gasteiger partial charge in [-0.2, -0.15) is 0 Å². The highest BCUT2D eigenvalue weighted by molar-refractivity contribution is 9.10. The number of benzene rings is 1. The number of rotatable bonds is 4. The molecule has 0 aliphatic carbocycles. The first-order valence-corrected chi connectivity index (χ1v) is 7.36. The molecule has 1 aromatic heterocycles. The molecule has 0 atom stereocenters. The topological polar surface area (TPSA) is 51.2 Å². The van der Waals surface area contributed by atoms with Crippen LogP contribution in [0.3, 0.4) is 0 Å². The molecule has 1 aromatic carbocycles. The fourth-order valence-electron chi connectivity index (χ4n) is 2.03. The second kappa shape index (κ2) is 6.72. The molecule has 2 aromatic rings. The van der Waals surface area contributed by atoms with Gasteiger partial charge in [0.15, 0.2) is 6.61 Å². The molecule has 0 bridgehead atoms. The predicted octanol–water partition coefficient (Wildman–Crippen LogP) is 3.79. The van der Waals surface area contributed by atoms with Gasteiger partial charge in [-0.15, -0.1) is 0 Å². The molecule has 5 heteroatoms. The number of hydrogen-bond donors (Lipinski definition) is 1. The molecular weight excluding hydrogens is 332 g/mol. The summed E-state index contributed by atoms with van der Waals surface area (Å²) in [6.45, 7) is 5.85. The highest BCUT2D eigenvalue weighted by Gasteiger charge is 2.09. The smallest absolute Gasteiger partial charge is 0.262 e. The van der Waals surface area contributed by atoms with E-state index in [9.17, 15) is 4.79 Å². The van der Waals surface area contributed by atoms with Gasteiger partial charge in [0.05, 0.1) is 10.2 Å². The molecule has 4 nitrogen and oxygen atoms in total. The first-order valence-electron chi connectivity index (χ1n) is 6.57. The van der Waals surface area contributed by atoms with Crippen molar-refractivity contribution in [1.29, 1.82) is 0 Å². The summed E-state index contributed by atoms with van der Waals surface area (Å²) in [5, 5.41) is 2.83. The average molecular weight is 349 g/mol. The van der Waals surface area contributed by atoms with Crippen molar-refractivity contribution >= 4 is 27.5 Å². The number of pyridine rings is 1. The first-order chi connectivity index (χ1) is 9.95. The molecule has 0 spiro atoms. The van der Waals surface area contributed by atoms with E-state index >= 15 is 0 Å². The maximum absolute atomic E-state index is 12.0. The van der Waals surface area contributed by atoms with Gasteiger partial charge in [-0.3, -0.25) is 9.78 Å². The number of carbonyl (C=O) groups is 1. The summed E-state index contributed by atoms with van der Waals surface area (Å²) in [7, 11) is 0. The second-order valence-corrected chi connectivity index (χ2v) is 5.83. The predicted molar refractivity (Wildman–Crippen MR) is 86.7 cm³/mol. The number of ether oxygens (including phenoxy) is 1. The Balaban J connectivity index is 1.99. The molecule has 2 rings (SSSR count). The number of anilines is 1. The van der Waals surface area contributed by atoms with E-state index in [-0.39, 0.29) is 12.5 Å². The van der Waals surface area contributed by atoms with Crippen LogP contribution in [0.2, 0.25) is 0 Å². The van der Waals surface area contributed by atoms with Gasteiger partial charge >= 0.3 is 0 Å². The molecule has 0 radical (unpaired) electrons. The van der Waals surface area contributed by atoms with E-state index < -0.39 is 0 Å². The van der Waals surface area contributed by atoms with Gasteiger partial charge in [-0.05, 0) is 65.5 Å². The third-order valence-electron chi connectivity index (χ3n) is 2.92. The molecule has 1 N–H and O–H groups in total. The van der Waals surface area contributed by atoms with Gasteiger partial charge < -0.3 is 10.1 Å². The number of aryl methyl sites for hydroxylation is 3. The summed E-state index contributed by atoms with van der Waals surface area (Å²) < 4.78 is 6.29. The van der Waals surface area contributed by atoms with E-state index in [1.54, 1.807) is 12.4 Å². The maximum atomic E-state index is 12.0. The van der Waals surface area contributed by atoms with Gasteiger partial charge in [0.2, 0.25) is 0 Å². The fourth-order valence-corrected chi connectivity index (χ4v) is 2.56. The van der Waals surface area contributed by atoms with Crippen molar-refractivity contribution in [2.45, 2.75) is 20.8 Å². The number of nitrogens with zero attached hydrogens (tertiary/aromatic N) is 1. The molecule has 1 amide bonds. The van der Waals surface area contributed by atoms with Crippen molar-refractivity contribution in [2.24, 2.45) is 0 Å². The normalized spacial score (nSPS) is 10.3. The van der Waals surface area contributed by atoms with Crippen LogP contribution in [0.25, 0.3) is 0 Å². The van der Waals surface area contributed by atoms with E-state index in [0.29, 0.717) is 5.75 Å². The van der Waals surface area contributed by atoms with Gasteiger partial charge in [0.1, 0.15) is 5.75 Å². The quantitative estimate of drug-likeness (QED) is 0.914. The second-order valence-electron chi connectivity index (χ2n) is 4.97. The molecule has 110 valence electrons. The van der Waals surface area contributed by atoms with E-state index in [2.05, 4.69) is 32.3 Å². The molecule has 0 aliphatic rings. The van der Waals surface area contributed by atoms with E-state index in [4.69, 9.17) is 4.74 Å². The van der Waals surface area contributed by atoms with Crippen molar-refractivity contribution in [1.82, 2.24) is 4.98 Å². The molecule has 0 aliphatic heterocycles. The zero-order valence-corrected chi connectivity index (χ0v) is 13.8. The van der Waals surface area contributed by atoms with Gasteiger partial charge in [-0.1, -0.05) is 6.07 Å². The van der Waals surface area contributed by atoms with Crippen LogP contribution < -0.4 is 10.1 Å². The number of nitrogens with one attached hydrogen (secondary N) is 1. The summed E-state index contributed by atoms with van der Waals surface area (Å²) in [6, 6.07) is 5.88. The minimum Gasteiger partial charge on any atom is -0.484 e. The SMILES string of the molecule is Cc1cc(C)cc(OCC(=O)Nc2c(C)cncc2Br)c1. The number of halogens is 1. The minimum absolute atomic E-state index is 0.0307. The van der Waals surface area contributed by atoms with Gasteiger partial charge in [0, 0.05) is 12.4 Å². The first kappa shape index (κ1) is 15.5. The molecule has 0 fully saturated rings. The van der Waals surface area contributed by atoms with Crippen LogP contribution in [0.1, 0.15) is 16.7 Å². The summed E-state index contributed by atoms with van der Waals surface area (Å²) >= 11 is 3.37.